The molecule has 6 heterocycles. The van der Waals surface area contributed by atoms with Crippen LogP contribution in [0.3, 0.4) is 0 Å². The molecule has 5 aliphatic rings. The van der Waals surface area contributed by atoms with Crippen LogP contribution in [0.2, 0.25) is 5.02 Å². The summed E-state index contributed by atoms with van der Waals surface area (Å²) < 4.78 is 42.1. The van der Waals surface area contributed by atoms with Crippen LogP contribution in [0.1, 0.15) is 61.9 Å². The van der Waals surface area contributed by atoms with E-state index in [2.05, 4.69) is 55.7 Å². The maximum atomic E-state index is 14.5. The Kier molecular flexibility index (Phi) is 13.3. The number of pyridine rings is 1. The van der Waals surface area contributed by atoms with Crippen molar-refractivity contribution >= 4 is 72.6 Å². The van der Waals surface area contributed by atoms with Crippen molar-refractivity contribution in [3.8, 4) is 5.88 Å². The largest absolute Gasteiger partial charge is 0.476 e. The minimum atomic E-state index is -4.58. The number of hydrogen-bond donors (Lipinski definition) is 3. The third-order valence-corrected chi connectivity index (χ3v) is 16.3. The number of halogens is 1. The number of H-pyrrole nitrogens is 1. The Balaban J connectivity index is 0.890. The second-order valence-corrected chi connectivity index (χ2v) is 22.0. The molecular formula is C51H60ClN9O7S. The second kappa shape index (κ2) is 19.6. The number of nitro benzene ring substituents is 1. The molecule has 3 N–H and O–H groups in total. The van der Waals surface area contributed by atoms with Gasteiger partial charge in [-0.3, -0.25) is 19.8 Å². The molecule has 3 fully saturated rings. The molecule has 0 bridgehead atoms. The maximum absolute atomic E-state index is 14.5. The Morgan fingerprint density at radius 2 is 1.77 bits per heavy atom. The average molecular weight is 979 g/mol. The van der Waals surface area contributed by atoms with E-state index in [1.54, 1.807) is 12.3 Å². The smallest absolute Gasteiger partial charge is 0.293 e. The van der Waals surface area contributed by atoms with Crippen LogP contribution in [0.5, 0.6) is 5.88 Å². The van der Waals surface area contributed by atoms with E-state index < -0.39 is 31.4 Å². The summed E-state index contributed by atoms with van der Waals surface area (Å²) in [6, 6.07) is 21.3. The fourth-order valence-electron chi connectivity index (χ4n) is 10.7. The number of sulfonamides is 1. The Hall–Kier alpha value is -5.72. The number of benzene rings is 3. The SMILES string of the molecule is CC1(C)CCC(CN2CCN(c3ccc(C(=O)NS(=O)(=O)c4ccc(NCCN5CCC6COCC6C5)c([N+](=O)[O-])c4)c(N4CCCOc5nc6[nH]ccc6cc54)c3)CC2)=C(c2ccc(Cl)cc2)C1. The van der Waals surface area contributed by atoms with Gasteiger partial charge >= 0.3 is 0 Å². The molecule has 0 saturated carbocycles. The normalized spacial score (nSPS) is 21.1. The lowest BCUT2D eigenvalue weighted by Gasteiger charge is -2.39. The quantitative estimate of drug-likeness (QED) is 0.0759. The number of aromatic amines is 1. The Morgan fingerprint density at radius 3 is 2.58 bits per heavy atom. The summed E-state index contributed by atoms with van der Waals surface area (Å²) in [7, 11) is -4.58. The van der Waals surface area contributed by atoms with Gasteiger partial charge in [0.1, 0.15) is 17.0 Å². The molecular weight excluding hydrogens is 918 g/mol. The van der Waals surface area contributed by atoms with Crippen LogP contribution < -0.4 is 24.6 Å². The molecule has 69 heavy (non-hydrogen) atoms. The predicted octanol–water partition coefficient (Wildman–Crippen LogP) is 8.33. The van der Waals surface area contributed by atoms with Crippen molar-refractivity contribution in [2.75, 3.05) is 100 Å². The van der Waals surface area contributed by atoms with Gasteiger partial charge < -0.3 is 34.5 Å². The highest BCUT2D eigenvalue weighted by atomic mass is 35.5. The van der Waals surface area contributed by atoms with Gasteiger partial charge in [-0.2, -0.15) is 4.98 Å². The molecule has 1 amide bonds. The van der Waals surface area contributed by atoms with Crippen LogP contribution in [0.25, 0.3) is 16.6 Å². The lowest BCUT2D eigenvalue weighted by atomic mass is 9.72. The summed E-state index contributed by atoms with van der Waals surface area (Å²) in [5.41, 5.74) is 6.97. The van der Waals surface area contributed by atoms with Gasteiger partial charge in [0.15, 0.2) is 0 Å². The molecule has 16 nitrogen and oxygen atoms in total. The fraction of sp³-hybridized carbons (Fsp3) is 0.451. The summed E-state index contributed by atoms with van der Waals surface area (Å²) in [4.78, 5) is 42.8. The predicted molar refractivity (Wildman–Crippen MR) is 269 cm³/mol. The highest BCUT2D eigenvalue weighted by molar-refractivity contribution is 7.90. The molecule has 3 saturated heterocycles. The van der Waals surface area contributed by atoms with Crippen molar-refractivity contribution in [2.24, 2.45) is 17.3 Å². The van der Waals surface area contributed by atoms with E-state index in [9.17, 15) is 23.3 Å². The van der Waals surface area contributed by atoms with E-state index >= 15 is 0 Å². The third kappa shape index (κ3) is 10.3. The topological polar surface area (TPSA) is 179 Å². The monoisotopic (exact) mass is 977 g/mol. The molecule has 3 aromatic carbocycles. The number of likely N-dealkylation sites (tertiary alicyclic amines) is 1. The van der Waals surface area contributed by atoms with Crippen LogP contribution in [0.15, 0.2) is 89.5 Å². The zero-order valence-corrected chi connectivity index (χ0v) is 40.8. The van der Waals surface area contributed by atoms with Crippen LogP contribution in [0, 0.1) is 27.4 Å². The Morgan fingerprint density at radius 1 is 0.957 bits per heavy atom. The summed E-state index contributed by atoms with van der Waals surface area (Å²) >= 11 is 6.28. The zero-order valence-electron chi connectivity index (χ0n) is 39.2. The number of nitrogens with zero attached hydrogens (tertiary/aromatic N) is 6. The molecule has 2 aromatic heterocycles. The van der Waals surface area contributed by atoms with Gasteiger partial charge in [-0.05, 0) is 116 Å². The number of aromatic nitrogens is 2. The first-order valence-electron chi connectivity index (χ1n) is 24.1. The van der Waals surface area contributed by atoms with Crippen LogP contribution in [-0.2, 0) is 14.8 Å². The number of ether oxygens (including phenoxy) is 2. The first-order chi connectivity index (χ1) is 33.3. The number of piperidine rings is 1. The number of allylic oxidation sites excluding steroid dienone is 1. The number of rotatable bonds is 13. The molecule has 1 aliphatic carbocycles. The van der Waals surface area contributed by atoms with Gasteiger partial charge in [-0.15, -0.1) is 0 Å². The number of carbonyl (C=O) groups excluding carboxylic acids is 1. The van der Waals surface area contributed by atoms with E-state index in [1.165, 1.54) is 28.8 Å². The maximum Gasteiger partial charge on any atom is 0.293 e. The van der Waals surface area contributed by atoms with E-state index in [0.29, 0.717) is 67.4 Å². The van der Waals surface area contributed by atoms with Gasteiger partial charge in [0.25, 0.3) is 21.6 Å². The number of hydrogen-bond acceptors (Lipinski definition) is 13. The number of anilines is 4. The number of piperazine rings is 1. The Labute approximate surface area is 408 Å². The van der Waals surface area contributed by atoms with Crippen LogP contribution >= 0.6 is 11.6 Å². The number of amides is 1. The number of fused-ring (bicyclic) bond motifs is 3. The highest BCUT2D eigenvalue weighted by Gasteiger charge is 2.35. The van der Waals surface area contributed by atoms with Gasteiger partial charge in [-0.1, -0.05) is 43.2 Å². The average Bonchev–Trinajstić information content (AvgIpc) is 3.96. The van der Waals surface area contributed by atoms with Crippen LogP contribution in [0.4, 0.5) is 28.4 Å². The Bertz CT molecular complexity index is 2880. The van der Waals surface area contributed by atoms with Gasteiger partial charge in [-0.25, -0.2) is 13.1 Å². The van der Waals surface area contributed by atoms with Crippen molar-refractivity contribution in [3.63, 3.8) is 0 Å². The lowest BCUT2D eigenvalue weighted by molar-refractivity contribution is -0.384. The van der Waals surface area contributed by atoms with E-state index in [0.717, 1.165) is 107 Å². The van der Waals surface area contributed by atoms with Crippen molar-refractivity contribution in [1.29, 1.82) is 0 Å². The van der Waals surface area contributed by atoms with Crippen molar-refractivity contribution in [1.82, 2.24) is 24.5 Å². The molecule has 10 rings (SSSR count). The summed E-state index contributed by atoms with van der Waals surface area (Å²) in [6.45, 7) is 14.2. The summed E-state index contributed by atoms with van der Waals surface area (Å²) in [5, 5.41) is 17.1. The minimum Gasteiger partial charge on any atom is -0.476 e. The van der Waals surface area contributed by atoms with E-state index in [-0.39, 0.29) is 16.7 Å². The minimum absolute atomic E-state index is 0.117. The van der Waals surface area contributed by atoms with Crippen molar-refractivity contribution in [2.45, 2.75) is 50.8 Å². The molecule has 4 aliphatic heterocycles. The van der Waals surface area contributed by atoms with Gasteiger partial charge in [0.05, 0.1) is 34.3 Å². The first-order valence-corrected chi connectivity index (χ1v) is 26.0. The van der Waals surface area contributed by atoms with Crippen LogP contribution in [-0.4, -0.2) is 124 Å². The fourth-order valence-corrected chi connectivity index (χ4v) is 11.9. The molecule has 5 aromatic rings. The number of carbonyl (C=O) groups is 1. The number of nitrogens with one attached hydrogen (secondary N) is 3. The molecule has 18 heteroatoms. The van der Waals surface area contributed by atoms with Crippen molar-refractivity contribution in [3.05, 3.63) is 111 Å². The second-order valence-electron chi connectivity index (χ2n) is 19.9. The van der Waals surface area contributed by atoms with E-state index in [1.807, 2.05) is 41.3 Å². The molecule has 2 unspecified atom stereocenters. The van der Waals surface area contributed by atoms with E-state index in [4.69, 9.17) is 26.1 Å². The first kappa shape index (κ1) is 47.0. The zero-order chi connectivity index (χ0) is 47.9. The van der Waals surface area contributed by atoms with Gasteiger partial charge in [0, 0.05) is 99.8 Å². The highest BCUT2D eigenvalue weighted by Crippen LogP contribution is 2.44. The molecule has 0 radical (unpaired) electrons. The van der Waals surface area contributed by atoms with Crippen molar-refractivity contribution < 1.29 is 27.6 Å². The summed E-state index contributed by atoms with van der Waals surface area (Å²) in [6.07, 6.45) is 6.68. The lowest BCUT2D eigenvalue weighted by Crippen LogP contribution is -2.47. The number of nitro groups is 1. The third-order valence-electron chi connectivity index (χ3n) is 14.7. The molecule has 364 valence electrons. The standard InChI is InChI=1S/C51H60ClN9O7S/c1-51(2)15-12-36(43(29-51)34-4-6-39(52)7-5-34)30-58-21-23-59(24-22-58)40-8-10-42(45(27-40)60-18-3-25-68-50-47(60)26-35-13-16-54-48(35)55-50)49(62)56-69(65,66)41-9-11-44(46(28-41)61(63)64)53-17-20-57-19-14-37-32-67-33-38(37)31-57/h4-11,13,16,26-28,37-38,53H,3,12,14-15,17-25,29-33H2,1-2H3,(H,54,55)(H,56,62). The summed E-state index contributed by atoms with van der Waals surface area (Å²) in [5.74, 6) is 0.624. The van der Waals surface area contributed by atoms with Gasteiger partial charge in [0.2, 0.25) is 5.88 Å². The molecule has 0 spiro atoms. The molecule has 2 atom stereocenters.